The summed E-state index contributed by atoms with van der Waals surface area (Å²) in [5.41, 5.74) is 4.77. The van der Waals surface area contributed by atoms with Crippen LogP contribution in [-0.2, 0) is 27.3 Å². The zero-order valence-electron chi connectivity index (χ0n) is 20.9. The molecule has 0 radical (unpaired) electrons. The van der Waals surface area contributed by atoms with Gasteiger partial charge in [-0.2, -0.15) is 0 Å². The lowest BCUT2D eigenvalue weighted by molar-refractivity contribution is -0.127. The highest BCUT2D eigenvalue weighted by molar-refractivity contribution is 5.95. The number of hydrogen-bond donors (Lipinski definition) is 0. The van der Waals surface area contributed by atoms with Gasteiger partial charge in [-0.3, -0.25) is 14.5 Å². The summed E-state index contributed by atoms with van der Waals surface area (Å²) >= 11 is 0. The van der Waals surface area contributed by atoms with Gasteiger partial charge in [0.25, 0.3) is 0 Å². The van der Waals surface area contributed by atoms with E-state index in [4.69, 9.17) is 9.72 Å². The van der Waals surface area contributed by atoms with Crippen LogP contribution in [0.4, 0.5) is 5.69 Å². The Balaban J connectivity index is 1.72. The second kappa shape index (κ2) is 10.9. The molecular formula is C28H34N4O3. The number of hydrogen-bond acceptors (Lipinski definition) is 4. The van der Waals surface area contributed by atoms with Gasteiger partial charge < -0.3 is 14.2 Å². The second-order valence-electron chi connectivity index (χ2n) is 8.91. The van der Waals surface area contributed by atoms with Crippen molar-refractivity contribution in [2.75, 3.05) is 31.3 Å². The maximum atomic E-state index is 13.9. The van der Waals surface area contributed by atoms with Crippen LogP contribution in [0.2, 0.25) is 0 Å². The average molecular weight is 475 g/mol. The van der Waals surface area contributed by atoms with Gasteiger partial charge in [-0.25, -0.2) is 4.98 Å². The molecule has 1 saturated heterocycles. The number of ether oxygens (including phenoxy) is 1. The van der Waals surface area contributed by atoms with E-state index in [9.17, 15) is 9.59 Å². The van der Waals surface area contributed by atoms with E-state index in [1.165, 1.54) is 0 Å². The van der Waals surface area contributed by atoms with Crippen molar-refractivity contribution in [3.63, 3.8) is 0 Å². The molecule has 1 fully saturated rings. The number of aryl methyl sites for hydroxylation is 2. The predicted molar refractivity (Wildman–Crippen MR) is 138 cm³/mol. The largest absolute Gasteiger partial charge is 0.361 e. The van der Waals surface area contributed by atoms with Gasteiger partial charge in [0.05, 0.1) is 16.7 Å². The van der Waals surface area contributed by atoms with Gasteiger partial charge in [-0.05, 0) is 43.5 Å². The van der Waals surface area contributed by atoms with Crippen LogP contribution in [0.25, 0.3) is 11.0 Å². The fourth-order valence-corrected chi connectivity index (χ4v) is 4.91. The summed E-state index contributed by atoms with van der Waals surface area (Å²) in [6, 6.07) is 13.9. The number of aromatic nitrogens is 2. The smallest absolute Gasteiger partial charge is 0.248 e. The molecule has 1 aromatic heterocycles. The number of fused-ring (bicyclic) bond motifs is 1. The van der Waals surface area contributed by atoms with Crippen LogP contribution in [0.15, 0.2) is 55.1 Å². The highest BCUT2D eigenvalue weighted by Gasteiger charge is 2.34. The Morgan fingerprint density at radius 1 is 1.23 bits per heavy atom. The Morgan fingerprint density at radius 2 is 2.03 bits per heavy atom. The van der Waals surface area contributed by atoms with Gasteiger partial charge in [0.2, 0.25) is 11.8 Å². The highest BCUT2D eigenvalue weighted by atomic mass is 16.5. The number of carbonyl (C=O) groups excluding carboxylic acids is 2. The molecule has 2 aromatic carbocycles. The van der Waals surface area contributed by atoms with Crippen LogP contribution in [0.5, 0.6) is 0 Å². The number of carbonyl (C=O) groups is 2. The molecular weight excluding hydrogens is 440 g/mol. The monoisotopic (exact) mass is 474 g/mol. The van der Waals surface area contributed by atoms with Crippen LogP contribution in [0.1, 0.15) is 43.1 Å². The van der Waals surface area contributed by atoms with Gasteiger partial charge in [0.15, 0.2) is 0 Å². The summed E-state index contributed by atoms with van der Waals surface area (Å²) in [5, 5.41) is 0. The van der Waals surface area contributed by atoms with Crippen molar-refractivity contribution in [3.05, 3.63) is 72.1 Å². The lowest BCUT2D eigenvalue weighted by Crippen LogP contribution is -2.37. The van der Waals surface area contributed by atoms with Gasteiger partial charge in [0, 0.05) is 32.0 Å². The third-order valence-corrected chi connectivity index (χ3v) is 6.60. The highest BCUT2D eigenvalue weighted by Crippen LogP contribution is 2.31. The second-order valence-corrected chi connectivity index (χ2v) is 8.91. The fourth-order valence-electron chi connectivity index (χ4n) is 4.91. The Bertz CT molecular complexity index is 1230. The van der Waals surface area contributed by atoms with Crippen molar-refractivity contribution in [1.82, 2.24) is 14.5 Å². The summed E-state index contributed by atoms with van der Waals surface area (Å²) in [7, 11) is 0. The number of likely N-dealkylation sites (tertiary alicyclic amines) is 1. The third kappa shape index (κ3) is 5.00. The molecule has 0 aliphatic carbocycles. The van der Waals surface area contributed by atoms with Crippen LogP contribution in [-0.4, -0.2) is 52.7 Å². The maximum absolute atomic E-state index is 13.9. The zero-order valence-corrected chi connectivity index (χ0v) is 20.9. The van der Waals surface area contributed by atoms with Crippen molar-refractivity contribution >= 4 is 28.5 Å². The van der Waals surface area contributed by atoms with E-state index < -0.39 is 0 Å². The van der Waals surface area contributed by atoms with E-state index in [1.54, 1.807) is 15.9 Å². The van der Waals surface area contributed by atoms with Crippen LogP contribution >= 0.6 is 0 Å². The lowest BCUT2D eigenvalue weighted by Gasteiger charge is -2.27. The Kier molecular flexibility index (Phi) is 7.66. The molecule has 7 nitrogen and oxygen atoms in total. The topological polar surface area (TPSA) is 67.7 Å². The van der Waals surface area contributed by atoms with E-state index in [0.717, 1.165) is 40.1 Å². The first-order valence-corrected chi connectivity index (χ1v) is 12.3. The molecule has 1 aliphatic rings. The Labute approximate surface area is 207 Å². The molecule has 1 unspecified atom stereocenters. The number of imidazole rings is 1. The summed E-state index contributed by atoms with van der Waals surface area (Å²) in [6.45, 7) is 11.7. The fraction of sp³-hybridized carbons (Fsp3) is 0.393. The number of rotatable bonds is 10. The molecule has 4 rings (SSSR count). The molecule has 35 heavy (non-hydrogen) atoms. The summed E-state index contributed by atoms with van der Waals surface area (Å²) < 4.78 is 7.72. The minimum absolute atomic E-state index is 0.0703. The van der Waals surface area contributed by atoms with E-state index in [0.29, 0.717) is 26.1 Å². The van der Waals surface area contributed by atoms with Crippen LogP contribution in [0, 0.1) is 6.92 Å². The number of anilines is 1. The number of amides is 2. The standard InChI is InChI=1S/C28H34N4O3/c1-5-15-30-17-22(16-25(30)33)28-29-23-13-8-9-14-24(23)31(28)18-26(34)32(19-35-7-3)27-20(4)11-10-12-21(27)6-2/h5,8-14,22H,1,6-7,15-19H2,2-4H3. The van der Waals surface area contributed by atoms with E-state index >= 15 is 0 Å². The van der Waals surface area contributed by atoms with Crippen molar-refractivity contribution < 1.29 is 14.3 Å². The zero-order chi connectivity index (χ0) is 24.9. The normalized spacial score (nSPS) is 15.7. The Morgan fingerprint density at radius 3 is 2.77 bits per heavy atom. The van der Waals surface area contributed by atoms with Crippen molar-refractivity contribution in [1.29, 1.82) is 0 Å². The van der Waals surface area contributed by atoms with Crippen molar-refractivity contribution in [2.45, 2.75) is 46.1 Å². The van der Waals surface area contributed by atoms with Gasteiger partial charge in [-0.15, -0.1) is 6.58 Å². The van der Waals surface area contributed by atoms with E-state index in [1.807, 2.05) is 54.8 Å². The van der Waals surface area contributed by atoms with Crippen molar-refractivity contribution in [3.8, 4) is 0 Å². The summed E-state index contributed by atoms with van der Waals surface area (Å²) in [5.74, 6) is 0.716. The molecule has 2 amide bonds. The predicted octanol–water partition coefficient (Wildman–Crippen LogP) is 4.44. The van der Waals surface area contributed by atoms with E-state index in [2.05, 4.69) is 19.6 Å². The summed E-state index contributed by atoms with van der Waals surface area (Å²) in [4.78, 5) is 34.9. The molecule has 184 valence electrons. The quantitative estimate of drug-likeness (QED) is 0.322. The maximum Gasteiger partial charge on any atom is 0.248 e. The summed E-state index contributed by atoms with van der Waals surface area (Å²) in [6.07, 6.45) is 2.94. The van der Waals surface area contributed by atoms with Gasteiger partial charge in [-0.1, -0.05) is 43.3 Å². The first kappa shape index (κ1) is 24.7. The molecule has 7 heteroatoms. The minimum atomic E-state index is -0.0762. The molecule has 3 aromatic rings. The third-order valence-electron chi connectivity index (χ3n) is 6.60. The first-order chi connectivity index (χ1) is 17.0. The first-order valence-electron chi connectivity index (χ1n) is 12.3. The molecule has 1 atom stereocenters. The van der Waals surface area contributed by atoms with Crippen molar-refractivity contribution in [2.24, 2.45) is 0 Å². The van der Waals surface area contributed by atoms with Gasteiger partial charge >= 0.3 is 0 Å². The molecule has 0 bridgehead atoms. The number of para-hydroxylation sites is 3. The van der Waals surface area contributed by atoms with Crippen LogP contribution in [0.3, 0.4) is 0 Å². The molecule has 2 heterocycles. The number of benzene rings is 2. The SMILES string of the molecule is C=CCN1CC(c2nc3ccccc3n2CC(=O)N(COCC)c2c(C)cccc2CC)CC1=O. The van der Waals surface area contributed by atoms with Gasteiger partial charge in [0.1, 0.15) is 19.1 Å². The molecule has 0 N–H and O–H groups in total. The lowest BCUT2D eigenvalue weighted by atomic mass is 10.0. The average Bonchev–Trinajstić information content (AvgIpc) is 3.40. The van der Waals surface area contributed by atoms with Crippen LogP contribution < -0.4 is 4.90 Å². The molecule has 1 aliphatic heterocycles. The Hall–Kier alpha value is -3.45. The van der Waals surface area contributed by atoms with E-state index in [-0.39, 0.29) is 31.0 Å². The number of nitrogens with zero attached hydrogens (tertiary/aromatic N) is 4. The molecule has 0 spiro atoms. The minimum Gasteiger partial charge on any atom is -0.361 e. The molecule has 0 saturated carbocycles.